The molecule has 0 saturated heterocycles. The molecule has 1 aliphatic carbocycles. The molecular weight excluding hydrogens is 80.0 g/mol. The van der Waals surface area contributed by atoms with Crippen LogP contribution in [0.15, 0.2) is 0 Å². The monoisotopic (exact) mass is 88.1 g/mol. The van der Waals surface area contributed by atoms with E-state index in [1.54, 1.807) is 0 Å². The van der Waals surface area contributed by atoms with Gasteiger partial charge >= 0.3 is 0 Å². The lowest BCUT2D eigenvalue weighted by Gasteiger charge is -1.79. The fourth-order valence-electron chi connectivity index (χ4n) is 0.428. The Morgan fingerprint density at radius 1 is 1.67 bits per heavy atom. The summed E-state index contributed by atoms with van der Waals surface area (Å²) in [6.45, 7) is 0.154. The number of aliphatic hydroxyl groups is 2. The van der Waals surface area contributed by atoms with E-state index in [-0.39, 0.29) is 18.6 Å². The highest BCUT2D eigenvalue weighted by Crippen LogP contribution is 2.28. The first-order chi connectivity index (χ1) is 2.84. The van der Waals surface area contributed by atoms with Gasteiger partial charge in [-0.2, -0.15) is 0 Å². The molecular formula is C4H8O2. The third-order valence-corrected chi connectivity index (χ3v) is 1.12. The van der Waals surface area contributed by atoms with Crippen molar-refractivity contribution in [3.05, 3.63) is 0 Å². The number of hydrogen-bond donors (Lipinski definition) is 2. The van der Waals surface area contributed by atoms with Gasteiger partial charge in [0.05, 0.1) is 6.10 Å². The molecule has 1 rings (SSSR count). The Morgan fingerprint density at radius 3 is 2.17 bits per heavy atom. The maximum Gasteiger partial charge on any atom is 0.0595 e. The van der Waals surface area contributed by atoms with Gasteiger partial charge in [0.15, 0.2) is 0 Å². The zero-order valence-corrected chi connectivity index (χ0v) is 3.46. The van der Waals surface area contributed by atoms with Crippen LogP contribution < -0.4 is 0 Å². The van der Waals surface area contributed by atoms with Crippen LogP contribution in [0.2, 0.25) is 0 Å². The van der Waals surface area contributed by atoms with E-state index in [9.17, 15) is 0 Å². The summed E-state index contributed by atoms with van der Waals surface area (Å²) in [5.74, 6) is 0.213. The molecule has 0 heterocycles. The Bertz CT molecular complexity index is 51.5. The molecule has 0 aromatic rings. The Kier molecular flexibility index (Phi) is 0.821. The smallest absolute Gasteiger partial charge is 0.0595 e. The van der Waals surface area contributed by atoms with E-state index in [4.69, 9.17) is 10.2 Å². The molecule has 2 unspecified atom stereocenters. The summed E-state index contributed by atoms with van der Waals surface area (Å²) in [4.78, 5) is 0. The zero-order valence-electron chi connectivity index (χ0n) is 3.46. The molecule has 0 amide bonds. The Morgan fingerprint density at radius 2 is 2.17 bits per heavy atom. The first-order valence-electron chi connectivity index (χ1n) is 2.13. The van der Waals surface area contributed by atoms with Crippen LogP contribution >= 0.6 is 0 Å². The van der Waals surface area contributed by atoms with Crippen molar-refractivity contribution in [2.75, 3.05) is 6.61 Å². The molecule has 2 atom stereocenters. The van der Waals surface area contributed by atoms with Crippen LogP contribution in [0.25, 0.3) is 0 Å². The topological polar surface area (TPSA) is 40.5 Å². The van der Waals surface area contributed by atoms with Crippen molar-refractivity contribution in [3.8, 4) is 0 Å². The fraction of sp³-hybridized carbons (Fsp3) is 1.00. The van der Waals surface area contributed by atoms with Gasteiger partial charge in [-0.05, 0) is 6.42 Å². The third-order valence-electron chi connectivity index (χ3n) is 1.12. The van der Waals surface area contributed by atoms with Crippen LogP contribution in [-0.2, 0) is 0 Å². The average molecular weight is 88.1 g/mol. The standard InChI is InChI=1S/C4H8O2/c5-2-3-1-4(3)6/h3-6H,1-2H2. The zero-order chi connectivity index (χ0) is 4.57. The SMILES string of the molecule is OCC1CC1O. The summed E-state index contributed by atoms with van der Waals surface area (Å²) in [6, 6.07) is 0. The molecule has 0 aliphatic heterocycles. The first kappa shape index (κ1) is 4.09. The molecule has 1 aliphatic rings. The van der Waals surface area contributed by atoms with Gasteiger partial charge in [0.1, 0.15) is 0 Å². The quantitative estimate of drug-likeness (QED) is 0.447. The van der Waals surface area contributed by atoms with E-state index in [0.717, 1.165) is 6.42 Å². The second-order valence-corrected chi connectivity index (χ2v) is 1.75. The first-order valence-corrected chi connectivity index (χ1v) is 2.13. The Hall–Kier alpha value is -0.0800. The third kappa shape index (κ3) is 0.533. The molecule has 2 heteroatoms. The van der Waals surface area contributed by atoms with Crippen LogP contribution in [0.1, 0.15) is 6.42 Å². The van der Waals surface area contributed by atoms with Crippen LogP contribution in [0, 0.1) is 5.92 Å². The molecule has 1 fully saturated rings. The van der Waals surface area contributed by atoms with Crippen molar-refractivity contribution >= 4 is 0 Å². The minimum Gasteiger partial charge on any atom is -0.396 e. The summed E-state index contributed by atoms with van der Waals surface area (Å²) in [5.41, 5.74) is 0. The second kappa shape index (κ2) is 1.21. The van der Waals surface area contributed by atoms with Crippen molar-refractivity contribution in [2.45, 2.75) is 12.5 Å². The Labute approximate surface area is 36.4 Å². The maximum absolute atomic E-state index is 8.47. The molecule has 0 aromatic heterocycles. The molecule has 2 N–H and O–H groups in total. The highest BCUT2D eigenvalue weighted by molar-refractivity contribution is 4.84. The molecule has 0 bridgehead atoms. The van der Waals surface area contributed by atoms with E-state index in [1.807, 2.05) is 0 Å². The van der Waals surface area contributed by atoms with Crippen molar-refractivity contribution < 1.29 is 10.2 Å². The van der Waals surface area contributed by atoms with E-state index < -0.39 is 0 Å². The van der Waals surface area contributed by atoms with Crippen molar-refractivity contribution in [1.82, 2.24) is 0 Å². The van der Waals surface area contributed by atoms with E-state index in [2.05, 4.69) is 0 Å². The summed E-state index contributed by atoms with van der Waals surface area (Å²) >= 11 is 0. The molecule has 0 spiro atoms. The lowest BCUT2D eigenvalue weighted by atomic mass is 10.5. The van der Waals surface area contributed by atoms with Crippen molar-refractivity contribution in [1.29, 1.82) is 0 Å². The van der Waals surface area contributed by atoms with Gasteiger partial charge in [0.2, 0.25) is 0 Å². The second-order valence-electron chi connectivity index (χ2n) is 1.75. The van der Waals surface area contributed by atoms with Gasteiger partial charge in [-0.25, -0.2) is 0 Å². The summed E-state index contributed by atoms with van der Waals surface area (Å²) in [7, 11) is 0. The average Bonchev–Trinajstić information content (AvgIpc) is 2.19. The van der Waals surface area contributed by atoms with Gasteiger partial charge in [0, 0.05) is 12.5 Å². The van der Waals surface area contributed by atoms with Crippen LogP contribution in [0.5, 0.6) is 0 Å². The number of rotatable bonds is 1. The molecule has 2 nitrogen and oxygen atoms in total. The lowest BCUT2D eigenvalue weighted by Crippen LogP contribution is -1.89. The van der Waals surface area contributed by atoms with Crippen molar-refractivity contribution in [3.63, 3.8) is 0 Å². The molecule has 0 aromatic carbocycles. The van der Waals surface area contributed by atoms with Gasteiger partial charge < -0.3 is 10.2 Å². The van der Waals surface area contributed by atoms with Gasteiger partial charge in [-0.1, -0.05) is 0 Å². The predicted octanol–water partition coefficient (Wildman–Crippen LogP) is -0.641. The van der Waals surface area contributed by atoms with Gasteiger partial charge in [-0.15, -0.1) is 0 Å². The minimum absolute atomic E-state index is 0.154. The molecule has 0 radical (unpaired) electrons. The highest BCUT2D eigenvalue weighted by atomic mass is 16.3. The minimum atomic E-state index is -0.185. The maximum atomic E-state index is 8.47. The largest absolute Gasteiger partial charge is 0.396 e. The predicted molar refractivity (Wildman–Crippen MR) is 21.2 cm³/mol. The van der Waals surface area contributed by atoms with E-state index >= 15 is 0 Å². The normalized spacial score (nSPS) is 43.0. The number of aliphatic hydroxyl groups excluding tert-OH is 2. The Balaban J connectivity index is 2.09. The van der Waals surface area contributed by atoms with Crippen LogP contribution in [0.3, 0.4) is 0 Å². The lowest BCUT2D eigenvalue weighted by molar-refractivity contribution is 0.210. The summed E-state index contributed by atoms with van der Waals surface area (Å²) in [6.07, 6.45) is 0.617. The van der Waals surface area contributed by atoms with Crippen LogP contribution in [-0.4, -0.2) is 22.9 Å². The number of hydrogen-bond acceptors (Lipinski definition) is 2. The summed E-state index contributed by atoms with van der Waals surface area (Å²) in [5, 5.41) is 16.7. The molecule has 1 saturated carbocycles. The van der Waals surface area contributed by atoms with E-state index in [1.165, 1.54) is 0 Å². The fourth-order valence-corrected chi connectivity index (χ4v) is 0.428. The van der Waals surface area contributed by atoms with Crippen LogP contribution in [0.4, 0.5) is 0 Å². The highest BCUT2D eigenvalue weighted by Gasteiger charge is 2.33. The summed E-state index contributed by atoms with van der Waals surface area (Å²) < 4.78 is 0. The van der Waals surface area contributed by atoms with E-state index in [0.29, 0.717) is 0 Å². The van der Waals surface area contributed by atoms with Crippen molar-refractivity contribution in [2.24, 2.45) is 5.92 Å². The molecule has 36 valence electrons. The molecule has 6 heavy (non-hydrogen) atoms. The van der Waals surface area contributed by atoms with Gasteiger partial charge in [0.25, 0.3) is 0 Å². The van der Waals surface area contributed by atoms with Gasteiger partial charge in [-0.3, -0.25) is 0 Å².